The number of benzene rings is 1. The second kappa shape index (κ2) is 13.3. The molecule has 2 aromatic heterocycles. The van der Waals surface area contributed by atoms with Gasteiger partial charge in [-0.05, 0) is 138 Å². The fraction of sp³-hybridized carbons (Fsp3) is 0.610. The average Bonchev–Trinajstić information content (AvgIpc) is 3.62. The molecule has 0 unspecified atom stereocenters. The van der Waals surface area contributed by atoms with E-state index in [0.29, 0.717) is 5.92 Å². The van der Waals surface area contributed by atoms with Crippen LogP contribution in [0.3, 0.4) is 0 Å². The van der Waals surface area contributed by atoms with E-state index >= 15 is 0 Å². The Labute approximate surface area is 297 Å². The highest BCUT2D eigenvalue weighted by atomic mass is 16.6. The molecule has 9 heteroatoms. The first-order chi connectivity index (χ1) is 23.9. The van der Waals surface area contributed by atoms with Gasteiger partial charge in [0.1, 0.15) is 11.9 Å². The summed E-state index contributed by atoms with van der Waals surface area (Å²) in [4.78, 5) is 35.9. The van der Waals surface area contributed by atoms with Crippen LogP contribution in [0.15, 0.2) is 48.9 Å². The first-order valence-electron chi connectivity index (χ1n) is 18.8. The van der Waals surface area contributed by atoms with E-state index in [9.17, 15) is 9.59 Å². The summed E-state index contributed by atoms with van der Waals surface area (Å²) in [6.45, 7) is 12.9. The summed E-state index contributed by atoms with van der Waals surface area (Å²) in [6, 6.07) is 10.8. The fourth-order valence-electron chi connectivity index (χ4n) is 9.05. The number of anilines is 1. The third-order valence-electron chi connectivity index (χ3n) is 12.4. The van der Waals surface area contributed by atoms with Gasteiger partial charge < -0.3 is 19.3 Å². The monoisotopic (exact) mass is 681 g/mol. The van der Waals surface area contributed by atoms with Crippen molar-refractivity contribution in [1.82, 2.24) is 19.7 Å². The minimum atomic E-state index is -0.201. The van der Waals surface area contributed by atoms with Gasteiger partial charge in [0.15, 0.2) is 0 Å². The van der Waals surface area contributed by atoms with E-state index < -0.39 is 0 Å². The number of ether oxygens (including phenoxy) is 2. The highest BCUT2D eigenvalue weighted by Gasteiger charge is 2.51. The Morgan fingerprint density at radius 2 is 1.68 bits per heavy atom. The number of hydrogen-bond donors (Lipinski definition) is 0. The number of aryl methyl sites for hydroxylation is 1. The second-order valence-corrected chi connectivity index (χ2v) is 17.0. The van der Waals surface area contributed by atoms with Gasteiger partial charge in [-0.2, -0.15) is 5.10 Å². The molecule has 0 radical (unpaired) electrons. The van der Waals surface area contributed by atoms with Gasteiger partial charge in [0, 0.05) is 49.2 Å². The predicted octanol–water partition coefficient (Wildman–Crippen LogP) is 8.29. The Hall–Kier alpha value is -3.88. The van der Waals surface area contributed by atoms with Crippen molar-refractivity contribution in [3.05, 3.63) is 60.0 Å². The molecule has 9 nitrogen and oxygen atoms in total. The number of aromatic nitrogens is 3. The van der Waals surface area contributed by atoms with Crippen LogP contribution in [0, 0.1) is 24.2 Å². The van der Waals surface area contributed by atoms with Crippen molar-refractivity contribution < 1.29 is 19.1 Å². The van der Waals surface area contributed by atoms with Crippen LogP contribution in [0.1, 0.15) is 103 Å². The van der Waals surface area contributed by atoms with Crippen molar-refractivity contribution in [2.45, 2.75) is 116 Å². The van der Waals surface area contributed by atoms with E-state index in [1.54, 1.807) is 12.0 Å². The SMILES string of the molecule is COc1ccc(C23CCC(CN(C(=O)C4CCC(OC(=O)N5CC(C)C5)CC4)c4ccnc(-c5cnn(C(C)(C)C)c5)c4)(CC2)CC3)cc1C. The zero-order valence-electron chi connectivity index (χ0n) is 30.9. The Morgan fingerprint density at radius 3 is 2.28 bits per heavy atom. The van der Waals surface area contributed by atoms with Gasteiger partial charge in [-0.15, -0.1) is 0 Å². The van der Waals surface area contributed by atoms with Crippen molar-refractivity contribution in [2.24, 2.45) is 17.3 Å². The predicted molar refractivity (Wildman–Crippen MR) is 195 cm³/mol. The molecule has 50 heavy (non-hydrogen) atoms. The van der Waals surface area contributed by atoms with Crippen molar-refractivity contribution >= 4 is 17.7 Å². The lowest BCUT2D eigenvalue weighted by Gasteiger charge is -2.55. The van der Waals surface area contributed by atoms with E-state index in [1.807, 2.05) is 29.3 Å². The molecule has 3 heterocycles. The summed E-state index contributed by atoms with van der Waals surface area (Å²) in [5.74, 6) is 1.58. The van der Waals surface area contributed by atoms with E-state index in [2.05, 4.69) is 68.9 Å². The van der Waals surface area contributed by atoms with Crippen molar-refractivity contribution in [2.75, 3.05) is 31.6 Å². The maximum atomic E-state index is 14.7. The zero-order chi connectivity index (χ0) is 35.3. The molecule has 1 saturated heterocycles. The summed E-state index contributed by atoms with van der Waals surface area (Å²) >= 11 is 0. The molecule has 268 valence electrons. The van der Waals surface area contributed by atoms with Crippen LogP contribution >= 0.6 is 0 Å². The van der Waals surface area contributed by atoms with Crippen LogP contribution < -0.4 is 9.64 Å². The van der Waals surface area contributed by atoms with Gasteiger partial charge in [-0.25, -0.2) is 4.79 Å². The van der Waals surface area contributed by atoms with Gasteiger partial charge in [-0.3, -0.25) is 14.5 Å². The third kappa shape index (κ3) is 6.76. The molecule has 5 aliphatic rings. The molecule has 0 atom stereocenters. The number of carbonyl (C=O) groups is 2. The lowest BCUT2D eigenvalue weighted by atomic mass is 9.51. The number of pyridine rings is 1. The fourth-order valence-corrected chi connectivity index (χ4v) is 9.05. The van der Waals surface area contributed by atoms with E-state index in [4.69, 9.17) is 14.5 Å². The summed E-state index contributed by atoms with van der Waals surface area (Å²) in [6.07, 6.45) is 15.1. The molecular formula is C41H55N5O4. The second-order valence-electron chi connectivity index (χ2n) is 17.0. The minimum Gasteiger partial charge on any atom is -0.496 e. The zero-order valence-corrected chi connectivity index (χ0v) is 30.9. The number of carbonyl (C=O) groups excluding carboxylic acids is 2. The molecule has 4 aliphatic carbocycles. The molecule has 5 fully saturated rings. The number of hydrogen-bond acceptors (Lipinski definition) is 6. The van der Waals surface area contributed by atoms with Crippen molar-refractivity contribution in [1.29, 1.82) is 0 Å². The summed E-state index contributed by atoms with van der Waals surface area (Å²) < 4.78 is 13.4. The first-order valence-corrected chi connectivity index (χ1v) is 18.8. The van der Waals surface area contributed by atoms with Gasteiger partial charge in [0.25, 0.3) is 0 Å². The Balaban J connectivity index is 1.10. The third-order valence-corrected chi connectivity index (χ3v) is 12.4. The van der Waals surface area contributed by atoms with Gasteiger partial charge in [0.2, 0.25) is 5.91 Å². The Morgan fingerprint density at radius 1 is 0.980 bits per heavy atom. The summed E-state index contributed by atoms with van der Waals surface area (Å²) in [5.41, 5.74) is 5.46. The lowest BCUT2D eigenvalue weighted by Crippen LogP contribution is -2.52. The van der Waals surface area contributed by atoms with Gasteiger partial charge in [-0.1, -0.05) is 19.1 Å². The Bertz CT molecular complexity index is 1690. The Kier molecular flexibility index (Phi) is 9.23. The van der Waals surface area contributed by atoms with Crippen molar-refractivity contribution in [3.8, 4) is 17.0 Å². The molecule has 0 spiro atoms. The van der Waals surface area contributed by atoms with Crippen LogP contribution in [0.5, 0.6) is 5.75 Å². The first kappa shape index (κ1) is 34.6. The topological polar surface area (TPSA) is 89.8 Å². The number of methoxy groups -OCH3 is 1. The van der Waals surface area contributed by atoms with E-state index in [1.165, 1.54) is 11.1 Å². The maximum Gasteiger partial charge on any atom is 0.410 e. The summed E-state index contributed by atoms with van der Waals surface area (Å²) in [7, 11) is 1.74. The molecular weight excluding hydrogens is 626 g/mol. The highest BCUT2D eigenvalue weighted by Crippen LogP contribution is 2.58. The normalized spacial score (nSPS) is 26.7. The molecule has 2 bridgehead atoms. The number of rotatable bonds is 8. The summed E-state index contributed by atoms with van der Waals surface area (Å²) in [5, 5.41) is 4.62. The van der Waals surface area contributed by atoms with Crippen molar-refractivity contribution in [3.63, 3.8) is 0 Å². The number of amides is 2. The molecule has 1 aliphatic heterocycles. The molecule has 0 N–H and O–H groups in total. The van der Waals surface area contributed by atoms with E-state index in [0.717, 1.165) is 107 Å². The molecule has 3 aromatic rings. The molecule has 8 rings (SSSR count). The van der Waals surface area contributed by atoms with Crippen LogP contribution in [0.4, 0.5) is 10.5 Å². The number of likely N-dealkylation sites (tertiary alicyclic amines) is 1. The minimum absolute atomic E-state index is 0.0839. The number of fused-ring (bicyclic) bond motifs is 3. The number of nitrogens with zero attached hydrogens (tertiary/aromatic N) is 5. The standard InChI is InChI=1S/C41H55N5O4/c1-28-24-44(25-28)38(48)50-34-10-7-30(8-11-34)37(47)45(33-13-20-42-35(22-33)31-23-43-46(26-31)39(3,4)5)27-40-14-17-41(18-15-40,19-16-40)32-9-12-36(49-6)29(2)21-32/h9,12-13,20-23,26,28,30,34H,7-8,10-11,14-19,24-25,27H2,1-6H3. The quantitative estimate of drug-likeness (QED) is 0.238. The van der Waals surface area contributed by atoms with Crippen LogP contribution in [0.25, 0.3) is 11.3 Å². The molecule has 2 amide bonds. The van der Waals surface area contributed by atoms with Gasteiger partial charge in [0.05, 0.1) is 24.5 Å². The molecule has 1 aromatic carbocycles. The van der Waals surface area contributed by atoms with Crippen LogP contribution in [-0.2, 0) is 20.5 Å². The average molecular weight is 682 g/mol. The van der Waals surface area contributed by atoms with Crippen LogP contribution in [0.2, 0.25) is 0 Å². The van der Waals surface area contributed by atoms with Gasteiger partial charge >= 0.3 is 6.09 Å². The maximum absolute atomic E-state index is 14.7. The molecule has 4 saturated carbocycles. The highest BCUT2D eigenvalue weighted by molar-refractivity contribution is 5.95. The smallest absolute Gasteiger partial charge is 0.410 e. The van der Waals surface area contributed by atoms with E-state index in [-0.39, 0.29) is 40.4 Å². The largest absolute Gasteiger partial charge is 0.496 e. The lowest BCUT2D eigenvalue weighted by molar-refractivity contribution is -0.124. The van der Waals surface area contributed by atoms with Crippen LogP contribution in [-0.4, -0.2) is 64.5 Å².